The highest BCUT2D eigenvalue weighted by atomic mass is 15.1. The fraction of sp³-hybridized carbons (Fsp3) is 0.0833. The van der Waals surface area contributed by atoms with E-state index in [1.54, 1.807) is 12.4 Å². The van der Waals surface area contributed by atoms with E-state index in [0.29, 0.717) is 5.95 Å². The molecule has 0 aliphatic rings. The van der Waals surface area contributed by atoms with Gasteiger partial charge in [0.1, 0.15) is 0 Å². The van der Waals surface area contributed by atoms with Gasteiger partial charge in [0, 0.05) is 22.7 Å². The Hall–Kier alpha value is -4.06. The quantitative estimate of drug-likeness (QED) is 0.427. The molecule has 6 nitrogen and oxygen atoms in total. The van der Waals surface area contributed by atoms with Crippen molar-refractivity contribution in [1.29, 1.82) is 0 Å². The van der Waals surface area contributed by atoms with Gasteiger partial charge in [-0.15, -0.1) is 0 Å². The molecule has 0 fully saturated rings. The van der Waals surface area contributed by atoms with Crippen molar-refractivity contribution < 1.29 is 0 Å². The second-order valence-electron chi connectivity index (χ2n) is 7.10. The number of hydrogen-bond donors (Lipinski definition) is 2. The van der Waals surface area contributed by atoms with Crippen molar-refractivity contribution >= 4 is 17.0 Å². The van der Waals surface area contributed by atoms with E-state index in [4.69, 9.17) is 9.97 Å². The number of benzene rings is 2. The maximum Gasteiger partial charge on any atom is 0.223 e. The molecule has 0 aliphatic carbocycles. The number of hydrogen-bond acceptors (Lipinski definition) is 5. The van der Waals surface area contributed by atoms with Gasteiger partial charge in [0.25, 0.3) is 0 Å². The van der Waals surface area contributed by atoms with Crippen LogP contribution in [0.25, 0.3) is 33.5 Å². The van der Waals surface area contributed by atoms with Crippen molar-refractivity contribution in [3.63, 3.8) is 0 Å². The molecule has 2 aromatic carbocycles. The van der Waals surface area contributed by atoms with E-state index in [-0.39, 0.29) is 6.04 Å². The molecular weight excluding hydrogens is 372 g/mol. The smallest absolute Gasteiger partial charge is 0.223 e. The normalized spacial score (nSPS) is 12.0. The predicted octanol–water partition coefficient (Wildman–Crippen LogP) is 5.26. The van der Waals surface area contributed by atoms with Crippen LogP contribution in [0.5, 0.6) is 0 Å². The minimum absolute atomic E-state index is 0.0875. The number of pyridine rings is 1. The number of nitrogens with zero attached hydrogens (tertiary/aromatic N) is 4. The summed E-state index contributed by atoms with van der Waals surface area (Å²) in [6.45, 7) is 2.10. The van der Waals surface area contributed by atoms with E-state index in [9.17, 15) is 0 Å². The molecule has 6 heteroatoms. The molecule has 1 atom stereocenters. The van der Waals surface area contributed by atoms with E-state index >= 15 is 0 Å². The van der Waals surface area contributed by atoms with Crippen molar-refractivity contribution in [2.75, 3.05) is 5.32 Å². The van der Waals surface area contributed by atoms with Crippen LogP contribution in [0.4, 0.5) is 5.95 Å². The summed E-state index contributed by atoms with van der Waals surface area (Å²) < 4.78 is 0. The summed E-state index contributed by atoms with van der Waals surface area (Å²) in [4.78, 5) is 14.0. The minimum Gasteiger partial charge on any atom is -0.348 e. The summed E-state index contributed by atoms with van der Waals surface area (Å²) >= 11 is 0. The minimum atomic E-state index is 0.0875. The van der Waals surface area contributed by atoms with E-state index in [1.807, 2.05) is 54.6 Å². The lowest BCUT2D eigenvalue weighted by molar-refractivity contribution is 0.861. The Labute approximate surface area is 174 Å². The monoisotopic (exact) mass is 392 g/mol. The lowest BCUT2D eigenvalue weighted by atomic mass is 10.0. The van der Waals surface area contributed by atoms with Crippen LogP contribution < -0.4 is 5.32 Å². The number of nitrogens with one attached hydrogen (secondary N) is 2. The fourth-order valence-corrected chi connectivity index (χ4v) is 3.49. The Morgan fingerprint density at radius 3 is 2.47 bits per heavy atom. The molecule has 5 aromatic rings. The lowest BCUT2D eigenvalue weighted by Gasteiger charge is -2.15. The first-order valence-corrected chi connectivity index (χ1v) is 9.82. The van der Waals surface area contributed by atoms with Gasteiger partial charge in [-0.3, -0.25) is 5.10 Å². The van der Waals surface area contributed by atoms with Crippen LogP contribution in [0.1, 0.15) is 18.5 Å². The highest BCUT2D eigenvalue weighted by Gasteiger charge is 2.15. The average Bonchev–Trinajstić information content (AvgIpc) is 3.27. The van der Waals surface area contributed by atoms with Crippen molar-refractivity contribution in [3.05, 3.63) is 90.8 Å². The molecule has 0 amide bonds. The van der Waals surface area contributed by atoms with Gasteiger partial charge in [-0.2, -0.15) is 5.10 Å². The Morgan fingerprint density at radius 1 is 0.900 bits per heavy atom. The Kier molecular flexibility index (Phi) is 4.65. The third-order valence-corrected chi connectivity index (χ3v) is 5.05. The maximum absolute atomic E-state index is 4.82. The highest BCUT2D eigenvalue weighted by molar-refractivity contribution is 5.89. The van der Waals surface area contributed by atoms with Crippen LogP contribution in [-0.4, -0.2) is 25.1 Å². The van der Waals surface area contributed by atoms with Crippen LogP contribution in [0.15, 0.2) is 85.2 Å². The predicted molar refractivity (Wildman–Crippen MR) is 119 cm³/mol. The highest BCUT2D eigenvalue weighted by Crippen LogP contribution is 2.32. The van der Waals surface area contributed by atoms with Crippen molar-refractivity contribution in [1.82, 2.24) is 25.1 Å². The Bertz CT molecular complexity index is 1280. The van der Waals surface area contributed by atoms with Gasteiger partial charge in [-0.25, -0.2) is 15.0 Å². The SMILES string of the molecule is CC(Nc1nccc(-c2cc3cn[nH]c3nc2-c2ccccc2)n1)c1ccccc1. The van der Waals surface area contributed by atoms with Crippen molar-refractivity contribution in [2.24, 2.45) is 0 Å². The van der Waals surface area contributed by atoms with Crippen LogP contribution >= 0.6 is 0 Å². The third-order valence-electron chi connectivity index (χ3n) is 5.05. The summed E-state index contributed by atoms with van der Waals surface area (Å²) in [6, 6.07) is 24.4. The number of aromatic amines is 1. The summed E-state index contributed by atoms with van der Waals surface area (Å²) in [5, 5.41) is 11.4. The van der Waals surface area contributed by atoms with Crippen LogP contribution in [0.2, 0.25) is 0 Å². The lowest BCUT2D eigenvalue weighted by Crippen LogP contribution is -2.09. The van der Waals surface area contributed by atoms with E-state index < -0.39 is 0 Å². The van der Waals surface area contributed by atoms with Gasteiger partial charge in [-0.1, -0.05) is 60.7 Å². The third kappa shape index (κ3) is 3.51. The Morgan fingerprint density at radius 2 is 1.67 bits per heavy atom. The first-order chi connectivity index (χ1) is 14.8. The zero-order chi connectivity index (χ0) is 20.3. The van der Waals surface area contributed by atoms with Gasteiger partial charge < -0.3 is 5.32 Å². The molecule has 0 radical (unpaired) electrons. The summed E-state index contributed by atoms with van der Waals surface area (Å²) in [6.07, 6.45) is 3.55. The second-order valence-corrected chi connectivity index (χ2v) is 7.10. The summed E-state index contributed by atoms with van der Waals surface area (Å²) in [7, 11) is 0. The van der Waals surface area contributed by atoms with Crippen LogP contribution in [0, 0.1) is 0 Å². The molecule has 0 aliphatic heterocycles. The molecule has 30 heavy (non-hydrogen) atoms. The number of anilines is 1. The molecule has 5 rings (SSSR count). The largest absolute Gasteiger partial charge is 0.348 e. The zero-order valence-corrected chi connectivity index (χ0v) is 16.4. The second kappa shape index (κ2) is 7.75. The number of rotatable bonds is 5. The van der Waals surface area contributed by atoms with Crippen LogP contribution in [-0.2, 0) is 0 Å². The molecule has 146 valence electrons. The van der Waals surface area contributed by atoms with Gasteiger partial charge in [0.15, 0.2) is 5.65 Å². The van der Waals surface area contributed by atoms with E-state index in [1.165, 1.54) is 5.56 Å². The van der Waals surface area contributed by atoms with E-state index in [0.717, 1.165) is 33.5 Å². The summed E-state index contributed by atoms with van der Waals surface area (Å²) in [5.74, 6) is 0.579. The van der Waals surface area contributed by atoms with Crippen molar-refractivity contribution in [3.8, 4) is 22.5 Å². The molecular formula is C24H20N6. The van der Waals surface area contributed by atoms with E-state index in [2.05, 4.69) is 45.6 Å². The molecule has 0 saturated carbocycles. The van der Waals surface area contributed by atoms with Gasteiger partial charge >= 0.3 is 0 Å². The molecule has 2 N–H and O–H groups in total. The standard InChI is InChI=1S/C24H20N6/c1-16(17-8-4-2-5-9-17)27-24-25-13-12-21(28-24)20-14-19-15-26-30-23(19)29-22(20)18-10-6-3-7-11-18/h2-16H,1H3,(H,25,27,28)(H,26,29,30). The number of aromatic nitrogens is 5. The molecule has 0 bridgehead atoms. The van der Waals surface area contributed by atoms with Crippen molar-refractivity contribution in [2.45, 2.75) is 13.0 Å². The molecule has 3 aromatic heterocycles. The number of H-pyrrole nitrogens is 1. The molecule has 3 heterocycles. The van der Waals surface area contributed by atoms with Gasteiger partial charge in [-0.05, 0) is 24.6 Å². The molecule has 0 spiro atoms. The average molecular weight is 392 g/mol. The number of fused-ring (bicyclic) bond motifs is 1. The Balaban J connectivity index is 1.56. The summed E-state index contributed by atoms with van der Waals surface area (Å²) in [5.41, 5.74) is 5.55. The maximum atomic E-state index is 4.82. The van der Waals surface area contributed by atoms with Gasteiger partial charge in [0.2, 0.25) is 5.95 Å². The zero-order valence-electron chi connectivity index (χ0n) is 16.4. The van der Waals surface area contributed by atoms with Crippen LogP contribution in [0.3, 0.4) is 0 Å². The molecule has 0 saturated heterocycles. The topological polar surface area (TPSA) is 79.4 Å². The van der Waals surface area contributed by atoms with Gasteiger partial charge in [0.05, 0.1) is 23.6 Å². The first kappa shape index (κ1) is 18.0. The first-order valence-electron chi connectivity index (χ1n) is 9.82. The molecule has 1 unspecified atom stereocenters. The fourth-order valence-electron chi connectivity index (χ4n) is 3.49.